The number of H-pyrrole nitrogens is 1. The molecule has 1 aliphatic rings. The molecular formula is C19H16N2. The Kier molecular flexibility index (Phi) is 2.20. The van der Waals surface area contributed by atoms with Crippen molar-refractivity contribution in [2.45, 2.75) is 25.7 Å². The van der Waals surface area contributed by atoms with E-state index >= 15 is 0 Å². The van der Waals surface area contributed by atoms with Crippen LogP contribution in [0, 0.1) is 0 Å². The molecule has 0 aliphatic heterocycles. The van der Waals surface area contributed by atoms with Crippen LogP contribution in [0.4, 0.5) is 0 Å². The number of hydrogen-bond donors (Lipinski definition) is 1. The van der Waals surface area contributed by atoms with E-state index in [4.69, 9.17) is 0 Å². The first-order valence-electron chi connectivity index (χ1n) is 7.72. The summed E-state index contributed by atoms with van der Waals surface area (Å²) in [4.78, 5) is 8.36. The van der Waals surface area contributed by atoms with Crippen LogP contribution in [0.1, 0.15) is 24.1 Å². The first kappa shape index (κ1) is 11.3. The van der Waals surface area contributed by atoms with E-state index in [1.165, 1.54) is 64.0 Å². The Morgan fingerprint density at radius 3 is 2.76 bits per heavy atom. The van der Waals surface area contributed by atoms with E-state index in [0.717, 1.165) is 5.52 Å². The van der Waals surface area contributed by atoms with Gasteiger partial charge in [-0.2, -0.15) is 0 Å². The predicted octanol–water partition coefficient (Wildman–Crippen LogP) is 4.75. The number of rotatable bonds is 0. The van der Waals surface area contributed by atoms with E-state index in [9.17, 15) is 0 Å². The van der Waals surface area contributed by atoms with Crippen LogP contribution in [0.15, 0.2) is 42.6 Å². The van der Waals surface area contributed by atoms with Gasteiger partial charge in [-0.15, -0.1) is 0 Å². The van der Waals surface area contributed by atoms with Crippen molar-refractivity contribution in [2.75, 3.05) is 0 Å². The minimum Gasteiger partial charge on any atom is -0.358 e. The first-order chi connectivity index (χ1) is 10.4. The minimum atomic E-state index is 1.11. The van der Waals surface area contributed by atoms with Gasteiger partial charge in [0, 0.05) is 28.0 Å². The Morgan fingerprint density at radius 2 is 1.76 bits per heavy atom. The van der Waals surface area contributed by atoms with Crippen LogP contribution in [0.5, 0.6) is 0 Å². The van der Waals surface area contributed by atoms with Crippen molar-refractivity contribution in [3.8, 4) is 0 Å². The van der Waals surface area contributed by atoms with E-state index in [2.05, 4.69) is 40.3 Å². The molecule has 0 saturated heterocycles. The lowest BCUT2D eigenvalue weighted by atomic mass is 9.94. The van der Waals surface area contributed by atoms with Crippen LogP contribution in [0.25, 0.3) is 32.6 Å². The lowest BCUT2D eigenvalue weighted by molar-refractivity contribution is 0.680. The van der Waals surface area contributed by atoms with E-state index in [0.29, 0.717) is 0 Å². The summed E-state index contributed by atoms with van der Waals surface area (Å²) in [5, 5.41) is 5.16. The molecule has 0 radical (unpaired) electrons. The molecule has 2 heterocycles. The Balaban J connectivity index is 2.03. The Morgan fingerprint density at radius 1 is 0.905 bits per heavy atom. The number of aromatic amines is 1. The van der Waals surface area contributed by atoms with Crippen LogP contribution < -0.4 is 0 Å². The van der Waals surface area contributed by atoms with Crippen molar-refractivity contribution in [1.82, 2.24) is 9.97 Å². The van der Waals surface area contributed by atoms with Crippen LogP contribution >= 0.6 is 0 Å². The minimum absolute atomic E-state index is 1.11. The molecule has 21 heavy (non-hydrogen) atoms. The maximum atomic E-state index is 4.65. The average molecular weight is 272 g/mol. The molecule has 2 heteroatoms. The molecule has 1 aliphatic carbocycles. The van der Waals surface area contributed by atoms with E-state index < -0.39 is 0 Å². The second-order valence-corrected chi connectivity index (χ2v) is 6.02. The maximum Gasteiger partial charge on any atom is 0.0801 e. The highest BCUT2D eigenvalue weighted by Gasteiger charge is 2.17. The van der Waals surface area contributed by atoms with Crippen LogP contribution in [-0.2, 0) is 12.8 Å². The quantitative estimate of drug-likeness (QED) is 0.460. The van der Waals surface area contributed by atoms with Crippen molar-refractivity contribution in [3.05, 3.63) is 53.9 Å². The molecule has 0 amide bonds. The standard InChI is InChI=1S/C19H16N2/c1-2-6-16-14(5-1)15-10-9-12-7-8-13-4-3-11-20-18(13)17(12)19(15)21-16/h3-4,7-11,21H,1-2,5-6H2. The molecule has 2 aromatic carbocycles. The molecule has 102 valence electrons. The molecule has 0 saturated carbocycles. The van der Waals surface area contributed by atoms with E-state index in [1.54, 1.807) is 0 Å². The zero-order valence-corrected chi connectivity index (χ0v) is 11.8. The average Bonchev–Trinajstić information content (AvgIpc) is 2.93. The molecule has 0 atom stereocenters. The van der Waals surface area contributed by atoms with Crippen molar-refractivity contribution < 1.29 is 0 Å². The summed E-state index contributed by atoms with van der Waals surface area (Å²) in [5.74, 6) is 0. The van der Waals surface area contributed by atoms with Gasteiger partial charge in [0.1, 0.15) is 0 Å². The van der Waals surface area contributed by atoms with E-state index in [-0.39, 0.29) is 0 Å². The monoisotopic (exact) mass is 272 g/mol. The van der Waals surface area contributed by atoms with Gasteiger partial charge >= 0.3 is 0 Å². The number of fused-ring (bicyclic) bond motifs is 7. The highest BCUT2D eigenvalue weighted by molar-refractivity contribution is 6.18. The van der Waals surface area contributed by atoms with Crippen molar-refractivity contribution >= 4 is 32.6 Å². The number of pyridine rings is 1. The second-order valence-electron chi connectivity index (χ2n) is 6.02. The predicted molar refractivity (Wildman–Crippen MR) is 87.7 cm³/mol. The third-order valence-electron chi connectivity index (χ3n) is 4.82. The molecule has 0 unspecified atom stereocenters. The van der Waals surface area contributed by atoms with E-state index in [1.807, 2.05) is 12.3 Å². The molecule has 2 aromatic heterocycles. The van der Waals surface area contributed by atoms with Gasteiger partial charge in [-0.25, -0.2) is 0 Å². The lowest BCUT2D eigenvalue weighted by Crippen LogP contribution is -1.99. The van der Waals surface area contributed by atoms with Gasteiger partial charge in [0.05, 0.1) is 11.0 Å². The molecule has 0 bridgehead atoms. The fourth-order valence-corrected chi connectivity index (χ4v) is 3.83. The molecule has 0 fully saturated rings. The van der Waals surface area contributed by atoms with Crippen molar-refractivity contribution in [2.24, 2.45) is 0 Å². The SMILES string of the molecule is c1cnc2c(c1)ccc1ccc3c4c([nH]c3c12)CCCC4. The number of aromatic nitrogens is 2. The summed E-state index contributed by atoms with van der Waals surface area (Å²) >= 11 is 0. The van der Waals surface area contributed by atoms with Gasteiger partial charge in [0.2, 0.25) is 0 Å². The summed E-state index contributed by atoms with van der Waals surface area (Å²) in [6.07, 6.45) is 6.90. The lowest BCUT2D eigenvalue weighted by Gasteiger charge is -2.10. The molecule has 4 aromatic rings. The third-order valence-corrected chi connectivity index (χ3v) is 4.82. The van der Waals surface area contributed by atoms with Gasteiger partial charge in [-0.1, -0.05) is 30.3 Å². The second kappa shape index (κ2) is 4.08. The van der Waals surface area contributed by atoms with Crippen LogP contribution in [-0.4, -0.2) is 9.97 Å². The number of aryl methyl sites for hydroxylation is 2. The molecule has 5 rings (SSSR count). The summed E-state index contributed by atoms with van der Waals surface area (Å²) in [5.41, 5.74) is 5.37. The highest BCUT2D eigenvalue weighted by atomic mass is 14.7. The zero-order chi connectivity index (χ0) is 13.8. The number of hydrogen-bond acceptors (Lipinski definition) is 1. The largest absolute Gasteiger partial charge is 0.358 e. The topological polar surface area (TPSA) is 28.7 Å². The van der Waals surface area contributed by atoms with Crippen LogP contribution in [0.3, 0.4) is 0 Å². The maximum absolute atomic E-state index is 4.65. The molecule has 2 nitrogen and oxygen atoms in total. The zero-order valence-electron chi connectivity index (χ0n) is 11.8. The van der Waals surface area contributed by atoms with Gasteiger partial charge in [-0.05, 0) is 42.7 Å². The van der Waals surface area contributed by atoms with Crippen molar-refractivity contribution in [3.63, 3.8) is 0 Å². The van der Waals surface area contributed by atoms with Gasteiger partial charge in [0.15, 0.2) is 0 Å². The first-order valence-corrected chi connectivity index (χ1v) is 7.72. The molecular weight excluding hydrogens is 256 g/mol. The Hall–Kier alpha value is -2.35. The van der Waals surface area contributed by atoms with Crippen molar-refractivity contribution in [1.29, 1.82) is 0 Å². The van der Waals surface area contributed by atoms with Crippen LogP contribution in [0.2, 0.25) is 0 Å². The summed E-state index contributed by atoms with van der Waals surface area (Å²) < 4.78 is 0. The Bertz CT molecular complexity index is 995. The number of nitrogens with zero attached hydrogens (tertiary/aromatic N) is 1. The fourth-order valence-electron chi connectivity index (χ4n) is 3.83. The van der Waals surface area contributed by atoms with Gasteiger partial charge in [-0.3, -0.25) is 4.98 Å². The number of nitrogens with one attached hydrogen (secondary N) is 1. The highest BCUT2D eigenvalue weighted by Crippen LogP contribution is 2.35. The summed E-state index contributed by atoms with van der Waals surface area (Å²) in [6.45, 7) is 0. The van der Waals surface area contributed by atoms with Gasteiger partial charge < -0.3 is 4.98 Å². The summed E-state index contributed by atoms with van der Waals surface area (Å²) in [7, 11) is 0. The third kappa shape index (κ3) is 1.50. The van der Waals surface area contributed by atoms with Gasteiger partial charge in [0.25, 0.3) is 0 Å². The number of benzene rings is 2. The summed E-state index contributed by atoms with van der Waals surface area (Å²) in [6, 6.07) is 13.1. The smallest absolute Gasteiger partial charge is 0.0801 e. The fraction of sp³-hybridized carbons (Fsp3) is 0.211. The Labute approximate surface area is 122 Å². The molecule has 0 spiro atoms. The normalized spacial score (nSPS) is 14.9. The molecule has 1 N–H and O–H groups in total.